The quantitative estimate of drug-likeness (QED) is 0.268. The lowest BCUT2D eigenvalue weighted by molar-refractivity contribution is -0.385. The Morgan fingerprint density at radius 3 is 2.67 bits per heavy atom. The molecule has 0 aromatic heterocycles. The number of hydrogen-bond donors (Lipinski definition) is 2. The number of halogens is 1. The number of phenols is 1. The number of Topliss-reactive ketones (excluding diaryl/α,β-unsaturated/α-hetero) is 1. The summed E-state index contributed by atoms with van der Waals surface area (Å²) in [6.45, 7) is 0. The van der Waals surface area contributed by atoms with Crippen molar-refractivity contribution in [1.29, 1.82) is 0 Å². The van der Waals surface area contributed by atoms with Crippen LogP contribution in [0.5, 0.6) is 5.75 Å². The molecule has 0 aliphatic rings. The van der Waals surface area contributed by atoms with Gasteiger partial charge in [0.2, 0.25) is 0 Å². The maximum atomic E-state index is 11.3. The Hall–Kier alpha value is -1.82. The molecular weight excluding hydrogens is 224 g/mol. The van der Waals surface area contributed by atoms with Gasteiger partial charge in [0.05, 0.1) is 22.6 Å². The third-order valence-electron chi connectivity index (χ3n) is 1.73. The highest BCUT2D eigenvalue weighted by Gasteiger charge is 2.23. The normalized spacial score (nSPS) is 9.93. The Kier molecular flexibility index (Phi) is 3.11. The molecule has 6 nitrogen and oxygen atoms in total. The predicted octanol–water partition coefficient (Wildman–Crippen LogP) is 1.30. The predicted molar refractivity (Wildman–Crippen MR) is 54.2 cm³/mol. The van der Waals surface area contributed by atoms with Crippen molar-refractivity contribution in [2.75, 3.05) is 11.6 Å². The van der Waals surface area contributed by atoms with Gasteiger partial charge < -0.3 is 10.8 Å². The van der Waals surface area contributed by atoms with Gasteiger partial charge in [-0.25, -0.2) is 0 Å². The van der Waals surface area contributed by atoms with E-state index in [1.807, 2.05) is 0 Å². The zero-order valence-electron chi connectivity index (χ0n) is 7.44. The third kappa shape index (κ3) is 2.16. The van der Waals surface area contributed by atoms with Crippen LogP contribution in [-0.2, 0) is 0 Å². The molecule has 15 heavy (non-hydrogen) atoms. The van der Waals surface area contributed by atoms with Crippen LogP contribution in [0.3, 0.4) is 0 Å². The van der Waals surface area contributed by atoms with Crippen LogP contribution in [0.4, 0.5) is 11.4 Å². The largest absolute Gasteiger partial charge is 0.508 e. The van der Waals surface area contributed by atoms with Gasteiger partial charge in [0.25, 0.3) is 5.69 Å². The van der Waals surface area contributed by atoms with Gasteiger partial charge >= 0.3 is 0 Å². The summed E-state index contributed by atoms with van der Waals surface area (Å²) in [6, 6.07) is 1.92. The second-order valence-corrected chi connectivity index (χ2v) is 3.01. The summed E-state index contributed by atoms with van der Waals surface area (Å²) < 4.78 is 0. The summed E-state index contributed by atoms with van der Waals surface area (Å²) in [7, 11) is 0. The van der Waals surface area contributed by atoms with Crippen molar-refractivity contribution in [2.24, 2.45) is 0 Å². The number of nitro benzene ring substituents is 1. The first-order chi connectivity index (χ1) is 6.97. The van der Waals surface area contributed by atoms with Crippen molar-refractivity contribution in [3.63, 3.8) is 0 Å². The molecule has 80 valence electrons. The van der Waals surface area contributed by atoms with Crippen LogP contribution in [0.25, 0.3) is 0 Å². The van der Waals surface area contributed by atoms with Crippen LogP contribution in [0, 0.1) is 10.1 Å². The first kappa shape index (κ1) is 11.3. The molecule has 3 N–H and O–H groups in total. The lowest BCUT2D eigenvalue weighted by Crippen LogP contribution is -2.08. The summed E-state index contributed by atoms with van der Waals surface area (Å²) in [5, 5.41) is 19.7. The van der Waals surface area contributed by atoms with E-state index in [9.17, 15) is 14.9 Å². The molecule has 0 spiro atoms. The molecular formula is C8H7ClN2O4. The molecule has 0 fully saturated rings. The number of aromatic hydroxyl groups is 1. The minimum Gasteiger partial charge on any atom is -0.508 e. The van der Waals surface area contributed by atoms with Gasteiger partial charge in [0.1, 0.15) is 11.3 Å². The average Bonchev–Trinajstić information content (AvgIpc) is 2.15. The Bertz CT molecular complexity index is 433. The Morgan fingerprint density at radius 1 is 1.60 bits per heavy atom. The number of ketones is 1. The average molecular weight is 231 g/mol. The van der Waals surface area contributed by atoms with Crippen molar-refractivity contribution in [3.8, 4) is 5.75 Å². The number of phenolic OH excluding ortho intramolecular Hbond substituents is 1. The van der Waals surface area contributed by atoms with Gasteiger partial charge in [0, 0.05) is 6.07 Å². The van der Waals surface area contributed by atoms with E-state index >= 15 is 0 Å². The SMILES string of the molecule is Nc1cc(O)cc([N+](=O)[O-])c1C(=O)CCl. The number of nitro groups is 1. The Labute approximate surface area is 89.4 Å². The van der Waals surface area contributed by atoms with Crippen LogP contribution in [0.1, 0.15) is 10.4 Å². The Balaban J connectivity index is 3.46. The fourth-order valence-corrected chi connectivity index (χ4v) is 1.28. The van der Waals surface area contributed by atoms with Crippen LogP contribution in [0.15, 0.2) is 12.1 Å². The van der Waals surface area contributed by atoms with Crippen molar-refractivity contribution in [1.82, 2.24) is 0 Å². The lowest BCUT2D eigenvalue weighted by Gasteiger charge is -2.04. The zero-order chi connectivity index (χ0) is 11.6. The highest BCUT2D eigenvalue weighted by atomic mass is 35.5. The first-order valence-electron chi connectivity index (χ1n) is 3.83. The van der Waals surface area contributed by atoms with E-state index in [1.54, 1.807) is 0 Å². The molecule has 0 saturated carbocycles. The van der Waals surface area contributed by atoms with E-state index in [2.05, 4.69) is 0 Å². The molecule has 1 aromatic carbocycles. The minimum atomic E-state index is -0.796. The van der Waals surface area contributed by atoms with Gasteiger partial charge in [-0.2, -0.15) is 0 Å². The number of carbonyl (C=O) groups is 1. The van der Waals surface area contributed by atoms with Crippen LogP contribution < -0.4 is 5.73 Å². The number of nitrogens with two attached hydrogens (primary N) is 1. The summed E-state index contributed by atoms with van der Waals surface area (Å²) in [5.74, 6) is -1.43. The number of nitrogen functional groups attached to an aromatic ring is 1. The van der Waals surface area contributed by atoms with Crippen molar-refractivity contribution >= 4 is 28.8 Å². The van der Waals surface area contributed by atoms with E-state index in [4.69, 9.17) is 22.4 Å². The number of benzene rings is 1. The Morgan fingerprint density at radius 2 is 2.20 bits per heavy atom. The monoisotopic (exact) mass is 230 g/mol. The highest BCUT2D eigenvalue weighted by molar-refractivity contribution is 6.31. The molecule has 0 saturated heterocycles. The highest BCUT2D eigenvalue weighted by Crippen LogP contribution is 2.30. The molecule has 0 aliphatic carbocycles. The standard InChI is InChI=1S/C8H7ClN2O4/c9-3-7(13)8-5(10)1-4(12)2-6(8)11(14)15/h1-2,12H,3,10H2. The van der Waals surface area contributed by atoms with Gasteiger partial charge in [-0.3, -0.25) is 14.9 Å². The van der Waals surface area contributed by atoms with E-state index in [0.29, 0.717) is 0 Å². The van der Waals surface area contributed by atoms with Crippen molar-refractivity contribution in [2.45, 2.75) is 0 Å². The molecule has 0 heterocycles. The molecule has 0 aliphatic heterocycles. The second kappa shape index (κ2) is 4.14. The van der Waals surface area contributed by atoms with Crippen LogP contribution >= 0.6 is 11.6 Å². The summed E-state index contributed by atoms with van der Waals surface area (Å²) in [6.07, 6.45) is 0. The lowest BCUT2D eigenvalue weighted by atomic mass is 10.1. The van der Waals surface area contributed by atoms with Gasteiger partial charge in [-0.15, -0.1) is 11.6 Å². The van der Waals surface area contributed by atoms with Gasteiger partial charge in [-0.05, 0) is 0 Å². The fraction of sp³-hybridized carbons (Fsp3) is 0.125. The number of anilines is 1. The zero-order valence-corrected chi connectivity index (χ0v) is 8.19. The number of carbonyl (C=O) groups excluding carboxylic acids is 1. The second-order valence-electron chi connectivity index (χ2n) is 2.74. The number of rotatable bonds is 3. The van der Waals surface area contributed by atoms with Crippen LogP contribution in [-0.4, -0.2) is 21.7 Å². The molecule has 0 atom stereocenters. The molecule has 1 aromatic rings. The maximum absolute atomic E-state index is 11.3. The summed E-state index contributed by atoms with van der Waals surface area (Å²) in [5.41, 5.74) is 4.42. The molecule has 0 radical (unpaired) electrons. The summed E-state index contributed by atoms with van der Waals surface area (Å²) in [4.78, 5) is 21.1. The van der Waals surface area contributed by atoms with E-state index in [1.165, 1.54) is 0 Å². The van der Waals surface area contributed by atoms with Gasteiger partial charge in [-0.1, -0.05) is 0 Å². The number of alkyl halides is 1. The van der Waals surface area contributed by atoms with Crippen LogP contribution in [0.2, 0.25) is 0 Å². The minimum absolute atomic E-state index is 0.160. The molecule has 0 bridgehead atoms. The molecule has 7 heteroatoms. The smallest absolute Gasteiger partial charge is 0.286 e. The third-order valence-corrected chi connectivity index (χ3v) is 1.97. The van der Waals surface area contributed by atoms with E-state index < -0.39 is 22.3 Å². The van der Waals surface area contributed by atoms with Crippen molar-refractivity contribution in [3.05, 3.63) is 27.8 Å². The molecule has 0 unspecified atom stereocenters. The fourth-order valence-electron chi connectivity index (χ4n) is 1.15. The van der Waals surface area contributed by atoms with E-state index in [0.717, 1.165) is 12.1 Å². The molecule has 0 amide bonds. The number of hydrogen-bond acceptors (Lipinski definition) is 5. The van der Waals surface area contributed by atoms with Crippen molar-refractivity contribution < 1.29 is 14.8 Å². The topological polar surface area (TPSA) is 106 Å². The van der Waals surface area contributed by atoms with E-state index in [-0.39, 0.29) is 17.0 Å². The maximum Gasteiger partial charge on any atom is 0.286 e. The summed E-state index contributed by atoms with van der Waals surface area (Å²) >= 11 is 5.28. The van der Waals surface area contributed by atoms with Gasteiger partial charge in [0.15, 0.2) is 5.78 Å². The number of nitrogens with zero attached hydrogens (tertiary/aromatic N) is 1. The molecule has 1 rings (SSSR count). The first-order valence-corrected chi connectivity index (χ1v) is 4.37.